The molecule has 0 spiro atoms. The summed E-state index contributed by atoms with van der Waals surface area (Å²) in [6, 6.07) is 0. The molecule has 1 N–H and O–H groups in total. The minimum atomic E-state index is -1.07. The van der Waals surface area contributed by atoms with E-state index in [0.29, 0.717) is 5.95 Å². The van der Waals surface area contributed by atoms with Crippen molar-refractivity contribution in [2.45, 2.75) is 12.8 Å². The normalized spacial score (nSPS) is 14.5. The Balaban J connectivity index is 1.97. The van der Waals surface area contributed by atoms with E-state index in [9.17, 15) is 9.59 Å². The molecule has 7 nitrogen and oxygen atoms in total. The Bertz CT molecular complexity index is 468. The second kappa shape index (κ2) is 5.64. The molecule has 0 saturated carbocycles. The number of carbonyl (C=O) groups is 2. The first-order valence-electron chi connectivity index (χ1n) is 6.12. The van der Waals surface area contributed by atoms with Gasteiger partial charge in [-0.25, -0.2) is 14.8 Å². The summed E-state index contributed by atoms with van der Waals surface area (Å²) in [5.74, 6) is -0.675. The highest BCUT2D eigenvalue weighted by molar-refractivity contribution is 5.87. The molecule has 0 unspecified atom stereocenters. The molecule has 1 aliphatic heterocycles. The Hall–Kier alpha value is -2.18. The molecule has 0 atom stereocenters. The Morgan fingerprint density at radius 2 is 1.89 bits per heavy atom. The highest BCUT2D eigenvalue weighted by atomic mass is 16.4. The van der Waals surface area contributed by atoms with Crippen LogP contribution >= 0.6 is 0 Å². The van der Waals surface area contributed by atoms with Crippen LogP contribution in [0.15, 0.2) is 12.4 Å². The summed E-state index contributed by atoms with van der Waals surface area (Å²) < 4.78 is 0. The van der Waals surface area contributed by atoms with Crippen molar-refractivity contribution in [2.24, 2.45) is 0 Å². The molecular weight excluding hydrogens is 248 g/mol. The summed E-state index contributed by atoms with van der Waals surface area (Å²) in [4.78, 5) is 33.9. The number of likely N-dealkylation sites (N-methyl/N-ethyl adjacent to an activating group) is 1. The van der Waals surface area contributed by atoms with Gasteiger partial charge >= 0.3 is 5.97 Å². The maximum absolute atomic E-state index is 11.9. The molecule has 0 aliphatic carbocycles. The van der Waals surface area contributed by atoms with Gasteiger partial charge in [0.05, 0.1) is 12.1 Å². The Kier molecular flexibility index (Phi) is 3.94. The van der Waals surface area contributed by atoms with Gasteiger partial charge in [0.15, 0.2) is 0 Å². The standard InChI is InChI=1S/C12H16N4O3/c1-15(8-10(17)16-4-2-3-5-16)12-13-6-9(7-14-12)11(18)19/h6-7H,2-5,8H2,1H3,(H,18,19). The Morgan fingerprint density at radius 3 is 2.42 bits per heavy atom. The van der Waals surface area contributed by atoms with E-state index in [0.717, 1.165) is 25.9 Å². The second-order valence-electron chi connectivity index (χ2n) is 4.52. The quantitative estimate of drug-likeness (QED) is 0.838. The molecule has 1 amide bonds. The third kappa shape index (κ3) is 3.18. The van der Waals surface area contributed by atoms with Crippen LogP contribution < -0.4 is 4.90 Å². The first-order chi connectivity index (χ1) is 9.08. The number of rotatable bonds is 4. The number of amides is 1. The van der Waals surface area contributed by atoms with Crippen molar-refractivity contribution in [3.63, 3.8) is 0 Å². The zero-order valence-electron chi connectivity index (χ0n) is 10.7. The summed E-state index contributed by atoms with van der Waals surface area (Å²) >= 11 is 0. The lowest BCUT2D eigenvalue weighted by Crippen LogP contribution is -2.37. The number of hydrogen-bond acceptors (Lipinski definition) is 5. The smallest absolute Gasteiger partial charge is 0.338 e. The van der Waals surface area contributed by atoms with Crippen LogP contribution in [0.1, 0.15) is 23.2 Å². The minimum absolute atomic E-state index is 0.0306. The zero-order chi connectivity index (χ0) is 13.8. The molecule has 1 fully saturated rings. The summed E-state index contributed by atoms with van der Waals surface area (Å²) in [6.07, 6.45) is 4.58. The average molecular weight is 264 g/mol. The van der Waals surface area contributed by atoms with E-state index in [1.165, 1.54) is 12.4 Å². The molecule has 1 aromatic heterocycles. The summed E-state index contributed by atoms with van der Waals surface area (Å²) in [5.41, 5.74) is 0.0306. The van der Waals surface area contributed by atoms with Crippen LogP contribution in [0.3, 0.4) is 0 Å². The molecular formula is C12H16N4O3. The molecule has 0 aromatic carbocycles. The van der Waals surface area contributed by atoms with E-state index in [-0.39, 0.29) is 18.0 Å². The number of carboxylic acids is 1. The van der Waals surface area contributed by atoms with Gasteiger partial charge < -0.3 is 14.9 Å². The van der Waals surface area contributed by atoms with Gasteiger partial charge in [0.2, 0.25) is 11.9 Å². The number of anilines is 1. The fourth-order valence-corrected chi connectivity index (χ4v) is 1.97. The Morgan fingerprint density at radius 1 is 1.32 bits per heavy atom. The minimum Gasteiger partial charge on any atom is -0.478 e. The van der Waals surface area contributed by atoms with Crippen molar-refractivity contribution in [1.82, 2.24) is 14.9 Å². The lowest BCUT2D eigenvalue weighted by molar-refractivity contribution is -0.128. The van der Waals surface area contributed by atoms with Crippen LogP contribution in [0.25, 0.3) is 0 Å². The van der Waals surface area contributed by atoms with Crippen LogP contribution in [0.2, 0.25) is 0 Å². The van der Waals surface area contributed by atoms with Crippen molar-refractivity contribution in [1.29, 1.82) is 0 Å². The van der Waals surface area contributed by atoms with Crippen LogP contribution in [0.5, 0.6) is 0 Å². The molecule has 0 bridgehead atoms. The van der Waals surface area contributed by atoms with Gasteiger partial charge in [-0.15, -0.1) is 0 Å². The second-order valence-corrected chi connectivity index (χ2v) is 4.52. The van der Waals surface area contributed by atoms with Gasteiger partial charge in [-0.05, 0) is 12.8 Å². The number of aromatic carboxylic acids is 1. The Labute approximate surface area is 110 Å². The molecule has 2 heterocycles. The van der Waals surface area contributed by atoms with E-state index in [2.05, 4.69) is 9.97 Å². The maximum Gasteiger partial charge on any atom is 0.338 e. The molecule has 0 radical (unpaired) electrons. The van der Waals surface area contributed by atoms with Gasteiger partial charge in [-0.3, -0.25) is 4.79 Å². The van der Waals surface area contributed by atoms with Gasteiger partial charge in [-0.2, -0.15) is 0 Å². The fraction of sp³-hybridized carbons (Fsp3) is 0.500. The summed E-state index contributed by atoms with van der Waals surface area (Å²) in [5, 5.41) is 8.75. The lowest BCUT2D eigenvalue weighted by atomic mass is 10.3. The van der Waals surface area contributed by atoms with Gasteiger partial charge in [-0.1, -0.05) is 0 Å². The number of carboxylic acid groups (broad SMARTS) is 1. The number of likely N-dealkylation sites (tertiary alicyclic amines) is 1. The topological polar surface area (TPSA) is 86.6 Å². The fourth-order valence-electron chi connectivity index (χ4n) is 1.97. The van der Waals surface area contributed by atoms with Gasteiger partial charge in [0.1, 0.15) is 0 Å². The number of hydrogen-bond donors (Lipinski definition) is 1. The van der Waals surface area contributed by atoms with Crippen molar-refractivity contribution in [2.75, 3.05) is 31.6 Å². The average Bonchev–Trinajstić information content (AvgIpc) is 2.92. The highest BCUT2D eigenvalue weighted by Gasteiger charge is 2.20. The maximum atomic E-state index is 11.9. The summed E-state index contributed by atoms with van der Waals surface area (Å²) in [7, 11) is 1.71. The number of aromatic nitrogens is 2. The van der Waals surface area contributed by atoms with E-state index in [1.807, 2.05) is 4.90 Å². The SMILES string of the molecule is CN(CC(=O)N1CCCC1)c1ncc(C(=O)O)cn1. The molecule has 7 heteroatoms. The molecule has 1 aromatic rings. The van der Waals surface area contributed by atoms with Crippen LogP contribution in [0, 0.1) is 0 Å². The first-order valence-corrected chi connectivity index (χ1v) is 6.12. The highest BCUT2D eigenvalue weighted by Crippen LogP contribution is 2.10. The monoisotopic (exact) mass is 264 g/mol. The molecule has 19 heavy (non-hydrogen) atoms. The van der Waals surface area contributed by atoms with Crippen LogP contribution in [-0.2, 0) is 4.79 Å². The molecule has 2 rings (SSSR count). The number of nitrogens with zero attached hydrogens (tertiary/aromatic N) is 4. The predicted octanol–water partition coefficient (Wildman–Crippen LogP) is 0.233. The molecule has 1 aliphatic rings. The van der Waals surface area contributed by atoms with E-state index >= 15 is 0 Å². The molecule has 1 saturated heterocycles. The van der Waals surface area contributed by atoms with E-state index in [4.69, 9.17) is 5.11 Å². The van der Waals surface area contributed by atoms with Crippen molar-refractivity contribution < 1.29 is 14.7 Å². The van der Waals surface area contributed by atoms with Crippen molar-refractivity contribution in [3.8, 4) is 0 Å². The third-order valence-corrected chi connectivity index (χ3v) is 3.06. The van der Waals surface area contributed by atoms with Crippen molar-refractivity contribution >= 4 is 17.8 Å². The third-order valence-electron chi connectivity index (χ3n) is 3.06. The number of carbonyl (C=O) groups excluding carboxylic acids is 1. The summed E-state index contributed by atoms with van der Waals surface area (Å²) in [6.45, 7) is 1.82. The van der Waals surface area contributed by atoms with Crippen molar-refractivity contribution in [3.05, 3.63) is 18.0 Å². The lowest BCUT2D eigenvalue weighted by Gasteiger charge is -2.21. The predicted molar refractivity (Wildman–Crippen MR) is 68.1 cm³/mol. The molecule has 102 valence electrons. The van der Waals surface area contributed by atoms with Gasteiger partial charge in [0.25, 0.3) is 0 Å². The van der Waals surface area contributed by atoms with Gasteiger partial charge in [0, 0.05) is 32.5 Å². The van der Waals surface area contributed by atoms with Crippen LogP contribution in [-0.4, -0.2) is 58.5 Å². The van der Waals surface area contributed by atoms with E-state index < -0.39 is 5.97 Å². The van der Waals surface area contributed by atoms with Crippen LogP contribution in [0.4, 0.5) is 5.95 Å². The van der Waals surface area contributed by atoms with E-state index in [1.54, 1.807) is 11.9 Å². The zero-order valence-corrected chi connectivity index (χ0v) is 10.7. The first kappa shape index (κ1) is 13.3. The largest absolute Gasteiger partial charge is 0.478 e.